The van der Waals surface area contributed by atoms with Crippen LogP contribution in [0.4, 0.5) is 22.0 Å². The molecule has 0 bridgehead atoms. The summed E-state index contributed by atoms with van der Waals surface area (Å²) in [5.74, 6) is -1.07. The highest BCUT2D eigenvalue weighted by molar-refractivity contribution is 8.00. The standard InChI is InChI=1S/C15H15ClFN3O3S2.C7H12ClN5.C3H8NO5P/c1-23-13(21)8-24-12-7-11(10(17)6-9(12)16)18-14-19-4-2-3-5-20(19)15(22)25-14;1-3-9-6-11-5(8)12-7(13-6)10-4-2;5-3(6)1-4-2-10(7,8)9/h6-7H,2-5,8H2,1H3;3-4H2,1-2H3,(H2,9,10,11,12,13);4H,1-2H2,(H,5,6)(H2,7,8,9). The van der Waals surface area contributed by atoms with Gasteiger partial charge in [-0.25, -0.2) is 14.1 Å². The van der Waals surface area contributed by atoms with Crippen LogP contribution in [-0.2, 0) is 32.0 Å². The number of thioether (sulfide) groups is 1. The number of carbonyl (C=O) groups is 2. The first-order valence-corrected chi connectivity index (χ1v) is 18.4. The first-order chi connectivity index (χ1) is 22.7. The van der Waals surface area contributed by atoms with Gasteiger partial charge < -0.3 is 30.3 Å². The topological polar surface area (TPSA) is 235 Å². The van der Waals surface area contributed by atoms with Gasteiger partial charge in [-0.15, -0.1) is 11.8 Å². The lowest BCUT2D eigenvalue weighted by molar-refractivity contribution is -0.137. The Balaban J connectivity index is 0.000000291. The second-order valence-corrected chi connectivity index (χ2v) is 13.6. The van der Waals surface area contributed by atoms with E-state index in [0.717, 1.165) is 55.1 Å². The molecule has 0 fully saturated rings. The molecule has 0 amide bonds. The maximum atomic E-state index is 14.3. The van der Waals surface area contributed by atoms with Gasteiger partial charge in [-0.3, -0.25) is 28.9 Å². The molecule has 0 unspecified atom stereocenters. The van der Waals surface area contributed by atoms with Crippen LogP contribution in [-0.4, -0.2) is 89.9 Å². The van der Waals surface area contributed by atoms with Gasteiger partial charge in [0.05, 0.1) is 30.7 Å². The number of carboxylic acids is 1. The van der Waals surface area contributed by atoms with Gasteiger partial charge in [0, 0.05) is 31.1 Å². The Kier molecular flexibility index (Phi) is 17.5. The number of aromatic nitrogens is 5. The summed E-state index contributed by atoms with van der Waals surface area (Å²) in [6.07, 6.45) is 1.30. The fourth-order valence-corrected chi connectivity index (χ4v) is 6.11. The summed E-state index contributed by atoms with van der Waals surface area (Å²) in [6.45, 7) is 6.32. The van der Waals surface area contributed by atoms with E-state index in [2.05, 4.69) is 40.6 Å². The monoisotopic (exact) mass is 773 g/mol. The smallest absolute Gasteiger partial charge is 0.339 e. The highest BCUT2D eigenvalue weighted by Crippen LogP contribution is 2.33. The van der Waals surface area contributed by atoms with E-state index in [1.54, 1.807) is 9.36 Å². The number of halogens is 3. The van der Waals surface area contributed by atoms with Crippen molar-refractivity contribution in [3.63, 3.8) is 0 Å². The summed E-state index contributed by atoms with van der Waals surface area (Å²) in [6, 6.07) is 2.64. The van der Waals surface area contributed by atoms with Crippen LogP contribution in [0.25, 0.3) is 0 Å². The van der Waals surface area contributed by atoms with E-state index in [0.29, 0.717) is 34.7 Å². The molecule has 1 aliphatic rings. The van der Waals surface area contributed by atoms with Crippen molar-refractivity contribution in [3.8, 4) is 0 Å². The largest absolute Gasteiger partial charge is 0.480 e. The summed E-state index contributed by atoms with van der Waals surface area (Å²) in [5.41, 5.74) is 0.0829. The molecule has 17 nitrogen and oxygen atoms in total. The van der Waals surface area contributed by atoms with E-state index >= 15 is 0 Å². The predicted octanol–water partition coefficient (Wildman–Crippen LogP) is 2.98. The molecular weight excluding hydrogens is 739 g/mol. The average Bonchev–Trinajstić information content (AvgIpc) is 3.32. The van der Waals surface area contributed by atoms with E-state index in [4.69, 9.17) is 38.1 Å². The predicted molar refractivity (Wildman–Crippen MR) is 181 cm³/mol. The fraction of sp³-hybridized carbons (Fsp3) is 0.480. The first-order valence-electron chi connectivity index (χ1n) is 14.1. The van der Waals surface area contributed by atoms with Crippen LogP contribution in [0, 0.1) is 5.82 Å². The minimum absolute atomic E-state index is 0.0605. The SMILES string of the molecule is CCNc1nc(Cl)nc(NCC)n1.COC(=O)CSc1cc(N=c2sc(=O)n3n2CCCC3)c(F)cc1Cl.O=C(O)CNCP(=O)(O)O. The summed E-state index contributed by atoms with van der Waals surface area (Å²) >= 11 is 13.9. The van der Waals surface area contributed by atoms with Gasteiger partial charge in [0.25, 0.3) is 0 Å². The zero-order chi connectivity index (χ0) is 35.9. The number of esters is 1. The molecule has 0 saturated heterocycles. The van der Waals surface area contributed by atoms with E-state index in [9.17, 15) is 23.3 Å². The van der Waals surface area contributed by atoms with Crippen LogP contribution >= 0.6 is 53.9 Å². The Labute approximate surface area is 292 Å². The van der Waals surface area contributed by atoms with Crippen LogP contribution in [0.2, 0.25) is 10.3 Å². The molecule has 4 rings (SSSR count). The second kappa shape index (κ2) is 20.4. The van der Waals surface area contributed by atoms with Crippen LogP contribution in [0.15, 0.2) is 26.8 Å². The highest BCUT2D eigenvalue weighted by Gasteiger charge is 2.15. The number of carboxylic acid groups (broad SMARTS) is 1. The number of nitrogens with zero attached hydrogens (tertiary/aromatic N) is 6. The van der Waals surface area contributed by atoms with Crippen molar-refractivity contribution in [1.29, 1.82) is 0 Å². The molecule has 48 heavy (non-hydrogen) atoms. The van der Waals surface area contributed by atoms with Crippen LogP contribution in [0.3, 0.4) is 0 Å². The summed E-state index contributed by atoms with van der Waals surface area (Å²) < 4.78 is 32.3. The van der Waals surface area contributed by atoms with Gasteiger partial charge in [-0.1, -0.05) is 11.6 Å². The lowest BCUT2D eigenvalue weighted by atomic mass is 10.3. The van der Waals surface area contributed by atoms with Gasteiger partial charge in [-0.05, 0) is 61.8 Å². The number of nitrogens with one attached hydrogen (secondary N) is 3. The second-order valence-electron chi connectivity index (χ2n) is 9.27. The van der Waals surface area contributed by atoms with Crippen molar-refractivity contribution < 1.29 is 38.2 Å². The normalized spacial score (nSPS) is 12.5. The molecular formula is C25H35Cl2FN9O8PS2. The molecule has 266 valence electrons. The first kappa shape index (κ1) is 41.1. The molecule has 1 aliphatic heterocycles. The van der Waals surface area contributed by atoms with E-state index in [1.165, 1.54) is 13.2 Å². The Morgan fingerprint density at radius 1 is 1.10 bits per heavy atom. The molecule has 6 N–H and O–H groups in total. The van der Waals surface area contributed by atoms with Crippen molar-refractivity contribution in [3.05, 3.63) is 42.7 Å². The molecule has 3 heterocycles. The molecule has 0 radical (unpaired) electrons. The Morgan fingerprint density at radius 3 is 2.25 bits per heavy atom. The van der Waals surface area contributed by atoms with Gasteiger partial charge in [-0.2, -0.15) is 15.0 Å². The zero-order valence-electron chi connectivity index (χ0n) is 26.0. The molecule has 23 heteroatoms. The number of benzene rings is 1. The number of carbonyl (C=O) groups excluding carboxylic acids is 1. The van der Waals surface area contributed by atoms with Gasteiger partial charge >= 0.3 is 24.4 Å². The highest BCUT2D eigenvalue weighted by atomic mass is 35.5. The fourth-order valence-electron chi connectivity index (χ4n) is 3.56. The van der Waals surface area contributed by atoms with E-state index in [-0.39, 0.29) is 26.6 Å². The molecule has 1 aromatic carbocycles. The van der Waals surface area contributed by atoms with Crippen molar-refractivity contribution >= 4 is 83.4 Å². The van der Waals surface area contributed by atoms with Crippen LogP contribution in [0.5, 0.6) is 0 Å². The average molecular weight is 775 g/mol. The maximum Gasteiger partial charge on any atom is 0.339 e. The number of methoxy groups -OCH3 is 1. The molecule has 0 aliphatic carbocycles. The summed E-state index contributed by atoms with van der Waals surface area (Å²) in [5, 5.41) is 16.4. The van der Waals surface area contributed by atoms with Crippen LogP contribution in [0.1, 0.15) is 26.7 Å². The quantitative estimate of drug-likeness (QED) is 0.0882. The zero-order valence-corrected chi connectivity index (χ0v) is 30.0. The number of rotatable bonds is 12. The number of anilines is 2. The van der Waals surface area contributed by atoms with Crippen molar-refractivity contribution in [1.82, 2.24) is 29.6 Å². The molecule has 2 aromatic heterocycles. The minimum Gasteiger partial charge on any atom is -0.480 e. The molecule has 0 saturated carbocycles. The Morgan fingerprint density at radius 2 is 1.71 bits per heavy atom. The number of aliphatic carboxylic acids is 1. The molecule has 3 aromatic rings. The summed E-state index contributed by atoms with van der Waals surface area (Å²) in [7, 11) is -2.80. The van der Waals surface area contributed by atoms with Crippen molar-refractivity contribution in [2.75, 3.05) is 49.4 Å². The third-order valence-corrected chi connectivity index (χ3v) is 8.68. The summed E-state index contributed by atoms with van der Waals surface area (Å²) in [4.78, 5) is 66.5. The number of hydrogen-bond donors (Lipinski definition) is 6. The minimum atomic E-state index is -4.10. The van der Waals surface area contributed by atoms with Gasteiger partial charge in [0.1, 0.15) is 11.5 Å². The lowest BCUT2D eigenvalue weighted by Gasteiger charge is -2.15. The van der Waals surface area contributed by atoms with Gasteiger partial charge in [0.15, 0.2) is 0 Å². The van der Waals surface area contributed by atoms with Crippen molar-refractivity contribution in [2.45, 2.75) is 44.7 Å². The number of ether oxygens (including phenoxy) is 1. The third kappa shape index (κ3) is 14.6. The lowest BCUT2D eigenvalue weighted by Crippen LogP contribution is -2.31. The maximum absolute atomic E-state index is 14.3. The molecule has 0 spiro atoms. The van der Waals surface area contributed by atoms with Crippen molar-refractivity contribution in [2.24, 2.45) is 4.99 Å². The Bertz CT molecular complexity index is 1700. The molecule has 0 atom stereocenters. The number of hydrogen-bond acceptors (Lipinski definition) is 14. The Hall–Kier alpha value is -3.10. The van der Waals surface area contributed by atoms with Gasteiger partial charge in [0.2, 0.25) is 22.0 Å². The van der Waals surface area contributed by atoms with E-state index in [1.807, 2.05) is 13.8 Å². The van der Waals surface area contributed by atoms with Crippen LogP contribution < -0.4 is 25.6 Å². The third-order valence-electron chi connectivity index (χ3n) is 5.55. The number of fused-ring (bicyclic) bond motifs is 1. The van der Waals surface area contributed by atoms with E-state index < -0.39 is 38.2 Å².